The molecule has 1 amide bonds. The Hall–Kier alpha value is -2.94. The van der Waals surface area contributed by atoms with Gasteiger partial charge < -0.3 is 10.1 Å². The Morgan fingerprint density at radius 1 is 1.04 bits per heavy atom. The Bertz CT molecular complexity index is 899. The molecule has 2 N–H and O–H groups in total. The van der Waals surface area contributed by atoms with Gasteiger partial charge in [-0.25, -0.2) is 17.6 Å². The molecule has 0 aliphatic heterocycles. The Morgan fingerprint density at radius 3 is 2.28 bits per heavy atom. The van der Waals surface area contributed by atoms with Gasteiger partial charge in [-0.2, -0.15) is 0 Å². The van der Waals surface area contributed by atoms with Crippen molar-refractivity contribution in [2.75, 3.05) is 22.9 Å². The Morgan fingerprint density at radius 2 is 1.64 bits per heavy atom. The van der Waals surface area contributed by atoms with Crippen LogP contribution in [0.5, 0.6) is 0 Å². The van der Waals surface area contributed by atoms with Crippen molar-refractivity contribution in [2.24, 2.45) is 0 Å². The predicted molar refractivity (Wildman–Crippen MR) is 90.2 cm³/mol. The number of hydrogen-bond donors (Lipinski definition) is 2. The van der Waals surface area contributed by atoms with Crippen LogP contribution in [0.15, 0.2) is 48.5 Å². The Labute approximate surface area is 143 Å². The van der Waals surface area contributed by atoms with E-state index in [0.29, 0.717) is 0 Å². The summed E-state index contributed by atoms with van der Waals surface area (Å²) in [6.07, 6.45) is 0.941. The lowest BCUT2D eigenvalue weighted by molar-refractivity contribution is -0.119. The van der Waals surface area contributed by atoms with E-state index < -0.39 is 34.3 Å². The first-order valence-corrected chi connectivity index (χ1v) is 8.94. The largest absolute Gasteiger partial charge is 0.452 e. The molecule has 0 unspecified atom stereocenters. The first kappa shape index (κ1) is 18.4. The zero-order valence-corrected chi connectivity index (χ0v) is 14.0. The molecule has 2 rings (SSSR count). The summed E-state index contributed by atoms with van der Waals surface area (Å²) in [7, 11) is -3.59. The van der Waals surface area contributed by atoms with Gasteiger partial charge in [0, 0.05) is 0 Å². The van der Waals surface area contributed by atoms with Crippen molar-refractivity contribution < 1.29 is 27.1 Å². The number of ether oxygens (including phenoxy) is 1. The molecule has 7 nitrogen and oxygen atoms in total. The van der Waals surface area contributed by atoms with Gasteiger partial charge in [-0.3, -0.25) is 9.52 Å². The van der Waals surface area contributed by atoms with Gasteiger partial charge in [-0.1, -0.05) is 24.3 Å². The minimum atomic E-state index is -3.59. The van der Waals surface area contributed by atoms with Gasteiger partial charge in [0.05, 0.1) is 23.2 Å². The molecule has 0 fully saturated rings. The minimum Gasteiger partial charge on any atom is -0.452 e. The quantitative estimate of drug-likeness (QED) is 0.762. The van der Waals surface area contributed by atoms with E-state index in [-0.39, 0.29) is 16.9 Å². The van der Waals surface area contributed by atoms with Crippen molar-refractivity contribution in [2.45, 2.75) is 0 Å². The van der Waals surface area contributed by atoms with Crippen molar-refractivity contribution in [3.63, 3.8) is 0 Å². The maximum absolute atomic E-state index is 13.4. The summed E-state index contributed by atoms with van der Waals surface area (Å²) >= 11 is 0. The molecule has 0 aliphatic rings. The summed E-state index contributed by atoms with van der Waals surface area (Å²) in [6, 6.07) is 11.3. The van der Waals surface area contributed by atoms with Crippen molar-refractivity contribution in [3.8, 4) is 0 Å². The number of benzene rings is 2. The molecule has 0 aromatic heterocycles. The van der Waals surface area contributed by atoms with Gasteiger partial charge in [-0.15, -0.1) is 0 Å². The van der Waals surface area contributed by atoms with E-state index in [1.807, 2.05) is 0 Å². The van der Waals surface area contributed by atoms with Gasteiger partial charge >= 0.3 is 5.97 Å². The van der Waals surface area contributed by atoms with E-state index in [1.54, 1.807) is 0 Å². The summed E-state index contributed by atoms with van der Waals surface area (Å²) in [6.45, 7) is -0.652. The lowest BCUT2D eigenvalue weighted by Gasteiger charge is -2.11. The normalized spacial score (nSPS) is 10.8. The van der Waals surface area contributed by atoms with Crippen molar-refractivity contribution >= 4 is 33.3 Å². The van der Waals surface area contributed by atoms with Crippen LogP contribution in [0.2, 0.25) is 0 Å². The number of amides is 1. The third kappa shape index (κ3) is 5.57. The molecule has 0 atom stereocenters. The molecule has 9 heteroatoms. The van der Waals surface area contributed by atoms with Crippen LogP contribution in [-0.2, 0) is 19.6 Å². The average Bonchev–Trinajstić information content (AvgIpc) is 2.54. The standard InChI is InChI=1S/C16H15FN2O5S/c1-25(22,23)19-13-8-4-2-6-11(13)16(21)24-10-15(20)18-14-9-5-3-7-12(14)17/h2-9,19H,10H2,1H3,(H,18,20). The Kier molecular flexibility index (Phi) is 5.71. The van der Waals surface area contributed by atoms with Gasteiger partial charge in [0.25, 0.3) is 5.91 Å². The molecule has 0 heterocycles. The van der Waals surface area contributed by atoms with Crippen molar-refractivity contribution in [1.29, 1.82) is 0 Å². The molecule has 0 aliphatic carbocycles. The van der Waals surface area contributed by atoms with Crippen LogP contribution in [0.25, 0.3) is 0 Å². The number of anilines is 2. The second-order valence-corrected chi connectivity index (χ2v) is 6.77. The number of nitrogens with one attached hydrogen (secondary N) is 2. The summed E-state index contributed by atoms with van der Waals surface area (Å²) in [4.78, 5) is 23.8. The van der Waals surface area contributed by atoms with Crippen molar-refractivity contribution in [3.05, 3.63) is 59.9 Å². The third-order valence-corrected chi connectivity index (χ3v) is 3.52. The molecule has 0 saturated heterocycles. The highest BCUT2D eigenvalue weighted by atomic mass is 32.2. The second-order valence-electron chi connectivity index (χ2n) is 5.02. The number of carbonyl (C=O) groups is 2. The van der Waals surface area contributed by atoms with Crippen LogP contribution in [0.4, 0.5) is 15.8 Å². The van der Waals surface area contributed by atoms with E-state index in [2.05, 4.69) is 10.0 Å². The predicted octanol–water partition coefficient (Wildman–Crippen LogP) is 1.99. The number of halogens is 1. The summed E-state index contributed by atoms with van der Waals surface area (Å²) in [5.74, 6) is -2.24. The zero-order valence-electron chi connectivity index (χ0n) is 13.2. The Balaban J connectivity index is 2.01. The number of rotatable bonds is 6. The lowest BCUT2D eigenvalue weighted by atomic mass is 10.2. The van der Waals surface area contributed by atoms with Crippen LogP contribution < -0.4 is 10.0 Å². The van der Waals surface area contributed by atoms with E-state index in [0.717, 1.165) is 6.26 Å². The molecule has 2 aromatic carbocycles. The molecule has 0 spiro atoms. The highest BCUT2D eigenvalue weighted by Gasteiger charge is 2.16. The van der Waals surface area contributed by atoms with E-state index >= 15 is 0 Å². The smallest absolute Gasteiger partial charge is 0.340 e. The first-order chi connectivity index (χ1) is 11.8. The summed E-state index contributed by atoms with van der Waals surface area (Å²) < 4.78 is 43.1. The average molecular weight is 366 g/mol. The fraction of sp³-hybridized carbons (Fsp3) is 0.125. The SMILES string of the molecule is CS(=O)(=O)Nc1ccccc1C(=O)OCC(=O)Nc1ccccc1F. The maximum atomic E-state index is 13.4. The fourth-order valence-corrected chi connectivity index (χ4v) is 2.49. The van der Waals surface area contributed by atoms with Gasteiger partial charge in [0.1, 0.15) is 5.82 Å². The number of carbonyl (C=O) groups excluding carboxylic acids is 2. The van der Waals surface area contributed by atoms with Gasteiger partial charge in [0.2, 0.25) is 10.0 Å². The first-order valence-electron chi connectivity index (χ1n) is 7.04. The highest BCUT2D eigenvalue weighted by Crippen LogP contribution is 2.17. The zero-order chi connectivity index (χ0) is 18.4. The number of hydrogen-bond acceptors (Lipinski definition) is 5. The second kappa shape index (κ2) is 7.75. The number of para-hydroxylation sites is 2. The number of sulfonamides is 1. The topological polar surface area (TPSA) is 102 Å². The van der Waals surface area contributed by atoms with Crippen LogP contribution in [0.1, 0.15) is 10.4 Å². The molecule has 0 saturated carbocycles. The van der Waals surface area contributed by atoms with Crippen LogP contribution in [-0.4, -0.2) is 33.2 Å². The van der Waals surface area contributed by atoms with E-state index in [9.17, 15) is 22.4 Å². The monoisotopic (exact) mass is 366 g/mol. The molecule has 2 aromatic rings. The molecular weight excluding hydrogens is 351 g/mol. The molecule has 25 heavy (non-hydrogen) atoms. The number of esters is 1. The maximum Gasteiger partial charge on any atom is 0.340 e. The van der Waals surface area contributed by atoms with Gasteiger partial charge in [-0.05, 0) is 24.3 Å². The minimum absolute atomic E-state index is 0.0320. The van der Waals surface area contributed by atoms with Crippen LogP contribution in [0.3, 0.4) is 0 Å². The van der Waals surface area contributed by atoms with E-state index in [4.69, 9.17) is 4.74 Å². The summed E-state index contributed by atoms with van der Waals surface area (Å²) in [5.41, 5.74) is -0.0566. The van der Waals surface area contributed by atoms with E-state index in [1.165, 1.54) is 48.5 Å². The summed E-state index contributed by atoms with van der Waals surface area (Å²) in [5, 5.41) is 2.27. The van der Waals surface area contributed by atoms with Gasteiger partial charge in [0.15, 0.2) is 6.61 Å². The molecular formula is C16H15FN2O5S. The van der Waals surface area contributed by atoms with Crippen molar-refractivity contribution in [1.82, 2.24) is 0 Å². The molecule has 0 radical (unpaired) electrons. The fourth-order valence-electron chi connectivity index (χ4n) is 1.91. The molecule has 132 valence electrons. The third-order valence-electron chi connectivity index (χ3n) is 2.92. The molecule has 0 bridgehead atoms. The van der Waals surface area contributed by atoms with Crippen LogP contribution >= 0.6 is 0 Å². The lowest BCUT2D eigenvalue weighted by Crippen LogP contribution is -2.22. The van der Waals surface area contributed by atoms with Crippen LogP contribution in [0, 0.1) is 5.82 Å². The highest BCUT2D eigenvalue weighted by molar-refractivity contribution is 7.92.